The molecule has 3 rings (SSSR count). The Morgan fingerprint density at radius 2 is 2.03 bits per heavy atom. The largest absolute Gasteiger partial charge is 0.381 e. The topological polar surface area (TPSA) is 108 Å². The van der Waals surface area contributed by atoms with Crippen molar-refractivity contribution in [3.63, 3.8) is 0 Å². The number of nitrogens with one attached hydrogen (secondary N) is 2. The van der Waals surface area contributed by atoms with Gasteiger partial charge < -0.3 is 25.4 Å². The van der Waals surface area contributed by atoms with Gasteiger partial charge in [0.05, 0.1) is 11.9 Å². The zero-order valence-corrected chi connectivity index (χ0v) is 20.0. The van der Waals surface area contributed by atoms with E-state index in [-0.39, 0.29) is 30.7 Å². The van der Waals surface area contributed by atoms with Crippen molar-refractivity contribution >= 4 is 29.5 Å². The molecule has 2 heterocycles. The third-order valence-corrected chi connectivity index (χ3v) is 7.35. The summed E-state index contributed by atoms with van der Waals surface area (Å²) in [4.78, 5) is 40.4. The first-order chi connectivity index (χ1) is 15.7. The van der Waals surface area contributed by atoms with Crippen molar-refractivity contribution in [2.24, 2.45) is 0 Å². The van der Waals surface area contributed by atoms with E-state index < -0.39 is 34.9 Å². The van der Waals surface area contributed by atoms with Crippen LogP contribution in [0.1, 0.15) is 32.3 Å². The summed E-state index contributed by atoms with van der Waals surface area (Å²) in [5.41, 5.74) is 0.874. The first kappa shape index (κ1) is 25.3. The molecule has 0 unspecified atom stereocenters. The Hall–Kier alpha value is -2.36. The van der Waals surface area contributed by atoms with Crippen LogP contribution in [0.4, 0.5) is 0 Å². The van der Waals surface area contributed by atoms with Gasteiger partial charge in [-0.3, -0.25) is 14.4 Å². The number of thioether (sulfide) groups is 1. The maximum atomic E-state index is 13.4. The summed E-state index contributed by atoms with van der Waals surface area (Å²) in [7, 11) is 0. The molecule has 1 aromatic carbocycles. The lowest BCUT2D eigenvalue weighted by atomic mass is 9.97. The van der Waals surface area contributed by atoms with Crippen LogP contribution >= 0.6 is 11.8 Å². The predicted molar refractivity (Wildman–Crippen MR) is 127 cm³/mol. The van der Waals surface area contributed by atoms with E-state index in [0.29, 0.717) is 13.0 Å². The van der Waals surface area contributed by atoms with Crippen LogP contribution in [-0.2, 0) is 25.5 Å². The minimum absolute atomic E-state index is 0.268. The maximum Gasteiger partial charge on any atom is 0.254 e. The Morgan fingerprint density at radius 1 is 1.30 bits per heavy atom. The van der Waals surface area contributed by atoms with E-state index in [9.17, 15) is 19.5 Å². The van der Waals surface area contributed by atoms with Gasteiger partial charge in [-0.05, 0) is 38.7 Å². The van der Waals surface area contributed by atoms with Gasteiger partial charge in [-0.25, -0.2) is 0 Å². The van der Waals surface area contributed by atoms with Crippen LogP contribution in [0.3, 0.4) is 0 Å². The van der Waals surface area contributed by atoms with Gasteiger partial charge in [-0.2, -0.15) is 0 Å². The average molecular weight is 476 g/mol. The van der Waals surface area contributed by atoms with Crippen molar-refractivity contribution < 1.29 is 24.2 Å². The third kappa shape index (κ3) is 6.16. The SMILES string of the molecule is C=CCNC(=O)[C@H]1N(C(=O)[C@@H](O)[C@H](Cc2ccccc2)NC(=O)[C@@H]2CCCO2)CSC1(C)C. The van der Waals surface area contributed by atoms with Crippen LogP contribution in [0.25, 0.3) is 0 Å². The Labute approximate surface area is 199 Å². The smallest absolute Gasteiger partial charge is 0.254 e. The predicted octanol–water partition coefficient (Wildman–Crippen LogP) is 1.24. The highest BCUT2D eigenvalue weighted by atomic mass is 32.2. The van der Waals surface area contributed by atoms with Gasteiger partial charge in [0, 0.05) is 17.9 Å². The summed E-state index contributed by atoms with van der Waals surface area (Å²) in [5.74, 6) is -0.946. The standard InChI is InChI=1S/C24H33N3O5S/c1-4-12-25-22(30)20-24(2,3)33-15-27(20)23(31)19(28)17(14-16-9-6-5-7-10-16)26-21(29)18-11-8-13-32-18/h4-7,9-10,17-20,28H,1,8,11-15H2,2-3H3,(H,25,30)(H,26,29)/t17-,18-,19-,20+/m0/s1. The molecule has 8 nitrogen and oxygen atoms in total. The fraction of sp³-hybridized carbons (Fsp3) is 0.542. The van der Waals surface area contributed by atoms with Crippen LogP contribution in [0.2, 0.25) is 0 Å². The van der Waals surface area contributed by atoms with Crippen LogP contribution in [-0.4, -0.2) is 75.8 Å². The number of amides is 3. The fourth-order valence-corrected chi connectivity index (χ4v) is 5.33. The van der Waals surface area contributed by atoms with Crippen LogP contribution in [0.5, 0.6) is 0 Å². The highest BCUT2D eigenvalue weighted by Crippen LogP contribution is 2.39. The summed E-state index contributed by atoms with van der Waals surface area (Å²) < 4.78 is 4.93. The highest BCUT2D eigenvalue weighted by Gasteiger charge is 2.49. The molecule has 2 fully saturated rings. The van der Waals surface area contributed by atoms with Crippen molar-refractivity contribution in [2.75, 3.05) is 19.0 Å². The van der Waals surface area contributed by atoms with E-state index in [2.05, 4.69) is 17.2 Å². The number of aliphatic hydroxyl groups excluding tert-OH is 1. The number of nitrogens with zero attached hydrogens (tertiary/aromatic N) is 1. The molecule has 3 amide bonds. The molecule has 2 saturated heterocycles. The lowest BCUT2D eigenvalue weighted by Gasteiger charge is -2.33. The molecule has 0 spiro atoms. The fourth-order valence-electron chi connectivity index (χ4n) is 4.19. The second-order valence-electron chi connectivity index (χ2n) is 8.87. The third-order valence-electron chi connectivity index (χ3n) is 5.98. The lowest BCUT2D eigenvalue weighted by Crippen LogP contribution is -2.59. The molecule has 9 heteroatoms. The van der Waals surface area contributed by atoms with Crippen LogP contribution < -0.4 is 10.6 Å². The van der Waals surface area contributed by atoms with E-state index in [1.807, 2.05) is 44.2 Å². The Balaban J connectivity index is 1.79. The molecule has 0 saturated carbocycles. The average Bonchev–Trinajstić information content (AvgIpc) is 3.44. The van der Waals surface area contributed by atoms with E-state index in [0.717, 1.165) is 12.0 Å². The van der Waals surface area contributed by atoms with E-state index in [4.69, 9.17) is 4.74 Å². The number of aliphatic hydroxyl groups is 1. The zero-order valence-electron chi connectivity index (χ0n) is 19.2. The number of benzene rings is 1. The number of hydrogen-bond acceptors (Lipinski definition) is 6. The highest BCUT2D eigenvalue weighted by molar-refractivity contribution is 8.00. The van der Waals surface area contributed by atoms with Gasteiger partial charge >= 0.3 is 0 Å². The number of rotatable bonds is 9. The normalized spacial score (nSPS) is 23.5. The Kier molecular flexibility index (Phi) is 8.56. The molecule has 2 aliphatic rings. The Morgan fingerprint density at radius 3 is 2.67 bits per heavy atom. The van der Waals surface area contributed by atoms with E-state index in [1.54, 1.807) is 6.08 Å². The van der Waals surface area contributed by atoms with Crippen LogP contribution in [0.15, 0.2) is 43.0 Å². The maximum absolute atomic E-state index is 13.4. The van der Waals surface area contributed by atoms with Gasteiger partial charge in [-0.15, -0.1) is 18.3 Å². The molecule has 180 valence electrons. The van der Waals surface area contributed by atoms with Crippen molar-refractivity contribution in [1.82, 2.24) is 15.5 Å². The van der Waals surface area contributed by atoms with Gasteiger partial charge in [0.15, 0.2) is 6.10 Å². The quantitative estimate of drug-likeness (QED) is 0.464. The van der Waals surface area contributed by atoms with Crippen LogP contribution in [0, 0.1) is 0 Å². The minimum atomic E-state index is -1.51. The summed E-state index contributed by atoms with van der Waals surface area (Å²) in [6.45, 7) is 8.21. The molecule has 0 radical (unpaired) electrons. The van der Waals surface area contributed by atoms with Gasteiger partial charge in [0.25, 0.3) is 5.91 Å². The monoisotopic (exact) mass is 475 g/mol. The molecule has 2 aliphatic heterocycles. The summed E-state index contributed by atoms with van der Waals surface area (Å²) in [6.07, 6.45) is 1.15. The van der Waals surface area contributed by atoms with Gasteiger partial charge in [0.1, 0.15) is 12.1 Å². The molecule has 4 atom stereocenters. The van der Waals surface area contributed by atoms with E-state index >= 15 is 0 Å². The Bertz CT molecular complexity index is 857. The summed E-state index contributed by atoms with van der Waals surface area (Å²) in [6, 6.07) is 7.74. The number of carbonyl (C=O) groups is 3. The molecule has 0 aliphatic carbocycles. The zero-order chi connectivity index (χ0) is 24.0. The molecular formula is C24H33N3O5S. The van der Waals surface area contributed by atoms with Gasteiger partial charge in [-0.1, -0.05) is 36.4 Å². The van der Waals surface area contributed by atoms with Gasteiger partial charge in [0.2, 0.25) is 11.8 Å². The molecule has 1 aromatic rings. The number of carbonyl (C=O) groups excluding carboxylic acids is 3. The second-order valence-corrected chi connectivity index (χ2v) is 10.5. The first-order valence-electron chi connectivity index (χ1n) is 11.2. The molecule has 33 heavy (non-hydrogen) atoms. The molecular weight excluding hydrogens is 442 g/mol. The van der Waals surface area contributed by atoms with Crippen molar-refractivity contribution in [1.29, 1.82) is 0 Å². The minimum Gasteiger partial charge on any atom is -0.381 e. The van der Waals surface area contributed by atoms with Crippen molar-refractivity contribution in [2.45, 2.75) is 62.1 Å². The first-order valence-corrected chi connectivity index (χ1v) is 12.2. The molecule has 0 aromatic heterocycles. The lowest BCUT2D eigenvalue weighted by molar-refractivity contribution is -0.148. The summed E-state index contributed by atoms with van der Waals surface area (Å²) in [5, 5.41) is 16.7. The molecule has 0 bridgehead atoms. The van der Waals surface area contributed by atoms with Crippen molar-refractivity contribution in [3.05, 3.63) is 48.6 Å². The van der Waals surface area contributed by atoms with E-state index in [1.165, 1.54) is 16.7 Å². The number of ether oxygens (including phenoxy) is 1. The van der Waals surface area contributed by atoms with Crippen molar-refractivity contribution in [3.8, 4) is 0 Å². The summed E-state index contributed by atoms with van der Waals surface area (Å²) >= 11 is 1.47. The second kappa shape index (κ2) is 11.2. The molecule has 3 N–H and O–H groups in total. The number of hydrogen-bond donors (Lipinski definition) is 3.